The highest BCUT2D eigenvalue weighted by Gasteiger charge is 2.35. The number of aromatic nitrogens is 4. The third-order valence-corrected chi connectivity index (χ3v) is 5.50. The van der Waals surface area contributed by atoms with Crippen molar-refractivity contribution in [2.45, 2.75) is 26.5 Å². The Kier molecular flexibility index (Phi) is 6.45. The van der Waals surface area contributed by atoms with Gasteiger partial charge < -0.3 is 19.5 Å². The molecule has 1 aliphatic heterocycles. The summed E-state index contributed by atoms with van der Waals surface area (Å²) in [6.45, 7) is 3.63. The van der Waals surface area contributed by atoms with Crippen molar-refractivity contribution in [2.24, 2.45) is 0 Å². The van der Waals surface area contributed by atoms with Gasteiger partial charge in [0.15, 0.2) is 11.5 Å². The molecule has 172 valence electrons. The van der Waals surface area contributed by atoms with Gasteiger partial charge in [-0.05, 0) is 54.1 Å². The highest BCUT2D eigenvalue weighted by Crippen LogP contribution is 2.39. The van der Waals surface area contributed by atoms with Crippen LogP contribution in [-0.4, -0.2) is 39.9 Å². The van der Waals surface area contributed by atoms with Gasteiger partial charge in [0.1, 0.15) is 18.5 Å². The summed E-state index contributed by atoms with van der Waals surface area (Å²) in [5.41, 5.74) is 1.85. The molecule has 9 nitrogen and oxygen atoms in total. The number of esters is 1. The zero-order valence-electron chi connectivity index (χ0n) is 18.1. The van der Waals surface area contributed by atoms with E-state index in [2.05, 4.69) is 20.8 Å². The number of nitrogens with one attached hydrogen (secondary N) is 1. The van der Waals surface area contributed by atoms with E-state index in [4.69, 9.17) is 25.8 Å². The van der Waals surface area contributed by atoms with Gasteiger partial charge in [0, 0.05) is 11.3 Å². The zero-order valence-corrected chi connectivity index (χ0v) is 18.9. The minimum absolute atomic E-state index is 0.0845. The minimum atomic E-state index is -0.653. The second-order valence-corrected chi connectivity index (χ2v) is 7.54. The second-order valence-electron chi connectivity index (χ2n) is 7.13. The van der Waals surface area contributed by atoms with E-state index in [1.807, 2.05) is 0 Å². The van der Waals surface area contributed by atoms with Crippen molar-refractivity contribution in [3.63, 3.8) is 0 Å². The van der Waals surface area contributed by atoms with Crippen LogP contribution in [0.1, 0.15) is 31.0 Å². The third-order valence-electron chi connectivity index (χ3n) is 5.15. The van der Waals surface area contributed by atoms with Gasteiger partial charge in [-0.3, -0.25) is 0 Å². The normalized spacial score (nSPS) is 15.0. The Morgan fingerprint density at radius 3 is 2.82 bits per heavy atom. The van der Waals surface area contributed by atoms with Crippen molar-refractivity contribution in [3.8, 4) is 11.5 Å². The molecule has 3 aromatic rings. The summed E-state index contributed by atoms with van der Waals surface area (Å²) in [4.78, 5) is 12.8. The lowest BCUT2D eigenvalue weighted by molar-refractivity contribution is -0.139. The van der Waals surface area contributed by atoms with Crippen LogP contribution in [0.4, 0.5) is 10.3 Å². The molecule has 0 radical (unpaired) electrons. The zero-order chi connectivity index (χ0) is 23.5. The number of fused-ring (bicyclic) bond motifs is 1. The second kappa shape index (κ2) is 9.45. The first-order valence-corrected chi connectivity index (χ1v) is 10.5. The van der Waals surface area contributed by atoms with Crippen LogP contribution in [0.2, 0.25) is 5.02 Å². The Bertz CT molecular complexity index is 1210. The lowest BCUT2D eigenvalue weighted by atomic mass is 9.95. The Labute approximate surface area is 194 Å². The molecule has 0 saturated carbocycles. The Morgan fingerprint density at radius 1 is 1.27 bits per heavy atom. The van der Waals surface area contributed by atoms with Crippen LogP contribution in [-0.2, 0) is 16.1 Å². The van der Waals surface area contributed by atoms with Crippen LogP contribution in [0.5, 0.6) is 11.5 Å². The minimum Gasteiger partial charge on any atom is -0.493 e. The van der Waals surface area contributed by atoms with E-state index in [1.165, 1.54) is 23.9 Å². The van der Waals surface area contributed by atoms with E-state index >= 15 is 0 Å². The quantitative estimate of drug-likeness (QED) is 0.515. The fraction of sp³-hybridized carbons (Fsp3) is 0.273. The third kappa shape index (κ3) is 4.34. The van der Waals surface area contributed by atoms with Crippen LogP contribution in [0.3, 0.4) is 0 Å². The Morgan fingerprint density at radius 2 is 2.09 bits per heavy atom. The highest BCUT2D eigenvalue weighted by molar-refractivity contribution is 6.31. The maximum atomic E-state index is 14.1. The lowest BCUT2D eigenvalue weighted by Crippen LogP contribution is -2.29. The van der Waals surface area contributed by atoms with Crippen molar-refractivity contribution in [1.82, 2.24) is 20.2 Å². The molecule has 0 spiro atoms. The molecule has 2 heterocycles. The van der Waals surface area contributed by atoms with E-state index in [1.54, 1.807) is 38.1 Å². The number of methoxy groups -OCH3 is 1. The molecule has 1 unspecified atom stereocenters. The van der Waals surface area contributed by atoms with E-state index in [9.17, 15) is 9.18 Å². The molecular weight excluding hydrogens is 453 g/mol. The molecule has 33 heavy (non-hydrogen) atoms. The van der Waals surface area contributed by atoms with Crippen molar-refractivity contribution in [1.29, 1.82) is 0 Å². The van der Waals surface area contributed by atoms with E-state index in [0.717, 1.165) is 0 Å². The molecule has 2 aromatic carbocycles. The average molecular weight is 474 g/mol. The molecule has 1 N–H and O–H groups in total. The van der Waals surface area contributed by atoms with Crippen LogP contribution in [0, 0.1) is 5.82 Å². The van der Waals surface area contributed by atoms with E-state index < -0.39 is 17.8 Å². The number of nitrogens with zero attached hydrogens (tertiary/aromatic N) is 4. The molecule has 1 aliphatic rings. The first-order valence-electron chi connectivity index (χ1n) is 10.1. The van der Waals surface area contributed by atoms with Gasteiger partial charge in [-0.2, -0.15) is 4.68 Å². The van der Waals surface area contributed by atoms with Gasteiger partial charge in [-0.15, -0.1) is 0 Å². The number of allylic oxidation sites excluding steroid dienone is 1. The first-order chi connectivity index (χ1) is 15.9. The van der Waals surface area contributed by atoms with Crippen LogP contribution < -0.4 is 14.8 Å². The molecule has 0 fully saturated rings. The number of ether oxygens (including phenoxy) is 3. The van der Waals surface area contributed by atoms with E-state index in [0.29, 0.717) is 34.3 Å². The van der Waals surface area contributed by atoms with Crippen LogP contribution in [0.25, 0.3) is 0 Å². The summed E-state index contributed by atoms with van der Waals surface area (Å²) in [6.07, 6.45) is 0. The fourth-order valence-corrected chi connectivity index (χ4v) is 3.80. The van der Waals surface area contributed by atoms with Gasteiger partial charge in [0.05, 0.1) is 24.3 Å². The van der Waals surface area contributed by atoms with Gasteiger partial charge in [0.2, 0.25) is 5.95 Å². The van der Waals surface area contributed by atoms with Gasteiger partial charge in [0.25, 0.3) is 0 Å². The number of tetrazole rings is 1. The largest absolute Gasteiger partial charge is 0.493 e. The summed E-state index contributed by atoms with van der Waals surface area (Å²) in [5.74, 6) is 0.207. The maximum absolute atomic E-state index is 14.1. The van der Waals surface area contributed by atoms with Crippen molar-refractivity contribution in [3.05, 3.63) is 69.6 Å². The number of hydrogen-bond acceptors (Lipinski definition) is 8. The van der Waals surface area contributed by atoms with Crippen molar-refractivity contribution >= 4 is 23.5 Å². The molecule has 0 aliphatic carbocycles. The molecule has 11 heteroatoms. The Hall–Kier alpha value is -3.66. The molecule has 0 bridgehead atoms. The highest BCUT2D eigenvalue weighted by atomic mass is 35.5. The van der Waals surface area contributed by atoms with Gasteiger partial charge >= 0.3 is 5.97 Å². The molecule has 1 atom stereocenters. The number of carbonyl (C=O) groups is 1. The SMILES string of the molecule is CCOC(=O)C1=C(C)Nc2nnnn2C1c1ccc(OCc2c(F)cccc2Cl)c(OC)c1. The van der Waals surface area contributed by atoms with Crippen LogP contribution >= 0.6 is 11.6 Å². The summed E-state index contributed by atoms with van der Waals surface area (Å²) in [5, 5.41) is 15.0. The topological polar surface area (TPSA) is 100 Å². The fourth-order valence-electron chi connectivity index (χ4n) is 3.59. The van der Waals surface area contributed by atoms with Crippen LogP contribution in [0.15, 0.2) is 47.7 Å². The number of benzene rings is 2. The number of halogens is 2. The van der Waals surface area contributed by atoms with Gasteiger partial charge in [-0.25, -0.2) is 9.18 Å². The number of hydrogen-bond donors (Lipinski definition) is 1. The van der Waals surface area contributed by atoms with Crippen molar-refractivity contribution < 1.29 is 23.4 Å². The van der Waals surface area contributed by atoms with Crippen molar-refractivity contribution in [2.75, 3.05) is 19.0 Å². The predicted molar refractivity (Wildman–Crippen MR) is 118 cm³/mol. The monoisotopic (exact) mass is 473 g/mol. The molecule has 0 saturated heterocycles. The van der Waals surface area contributed by atoms with E-state index in [-0.39, 0.29) is 23.8 Å². The maximum Gasteiger partial charge on any atom is 0.338 e. The Balaban J connectivity index is 1.69. The summed E-state index contributed by atoms with van der Waals surface area (Å²) in [7, 11) is 1.49. The number of rotatable bonds is 7. The standard InChI is InChI=1S/C22H21ClFN5O4/c1-4-32-21(30)19-12(2)25-22-26-27-28-29(22)20(19)13-8-9-17(18(10-13)31-3)33-11-14-15(23)6-5-7-16(14)24/h5-10,20H,4,11H2,1-3H3,(H,25,26,28). The number of carbonyl (C=O) groups excluding carboxylic acids is 1. The smallest absolute Gasteiger partial charge is 0.338 e. The summed E-state index contributed by atoms with van der Waals surface area (Å²) >= 11 is 6.09. The molecular formula is C22H21ClFN5O4. The summed E-state index contributed by atoms with van der Waals surface area (Å²) < 4.78 is 32.2. The summed E-state index contributed by atoms with van der Waals surface area (Å²) in [6, 6.07) is 8.93. The average Bonchev–Trinajstić information content (AvgIpc) is 3.26. The van der Waals surface area contributed by atoms with Gasteiger partial charge in [-0.1, -0.05) is 28.8 Å². The molecule has 1 aromatic heterocycles. The molecule has 4 rings (SSSR count). The number of anilines is 1. The first kappa shape index (κ1) is 22.5. The lowest BCUT2D eigenvalue weighted by Gasteiger charge is -2.27. The predicted octanol–water partition coefficient (Wildman–Crippen LogP) is 3.91. The molecule has 0 amide bonds.